The zero-order chi connectivity index (χ0) is 21.3. The number of aryl methyl sites for hydroxylation is 2. The summed E-state index contributed by atoms with van der Waals surface area (Å²) in [5.41, 5.74) is 3.77. The highest BCUT2D eigenvalue weighted by Crippen LogP contribution is 2.37. The second kappa shape index (κ2) is 8.52. The van der Waals surface area contributed by atoms with E-state index in [4.69, 9.17) is 4.74 Å². The molecule has 158 valence electrons. The van der Waals surface area contributed by atoms with Crippen LogP contribution in [-0.2, 0) is 7.05 Å². The van der Waals surface area contributed by atoms with Gasteiger partial charge in [-0.2, -0.15) is 0 Å². The number of pyridine rings is 1. The van der Waals surface area contributed by atoms with Crippen LogP contribution < -0.4 is 10.1 Å². The third-order valence-corrected chi connectivity index (χ3v) is 6.32. The van der Waals surface area contributed by atoms with Crippen LogP contribution in [0.1, 0.15) is 25.8 Å². The minimum absolute atomic E-state index is 0.883. The first-order chi connectivity index (χ1) is 14.6. The van der Waals surface area contributed by atoms with E-state index in [1.54, 1.807) is 7.11 Å². The molecule has 0 radical (unpaired) electrons. The molecule has 0 saturated heterocycles. The maximum absolute atomic E-state index is 5.49. The van der Waals surface area contributed by atoms with Gasteiger partial charge in [0.25, 0.3) is 0 Å². The maximum Gasteiger partial charge on any atom is 0.133 e. The predicted octanol–water partition coefficient (Wildman–Crippen LogP) is 5.34. The average Bonchev–Trinajstić information content (AvgIpc) is 3.06. The van der Waals surface area contributed by atoms with Gasteiger partial charge in [0.15, 0.2) is 0 Å². The van der Waals surface area contributed by atoms with Crippen LogP contribution in [0.2, 0.25) is 0 Å². The Balaban J connectivity index is 1.77. The summed E-state index contributed by atoms with van der Waals surface area (Å²) >= 11 is 0. The van der Waals surface area contributed by atoms with E-state index in [9.17, 15) is 0 Å². The minimum atomic E-state index is 0.883. The Morgan fingerprint density at radius 3 is 2.57 bits per heavy atom. The Morgan fingerprint density at radius 1 is 1.03 bits per heavy atom. The van der Waals surface area contributed by atoms with Gasteiger partial charge in [0, 0.05) is 41.5 Å². The number of anilines is 1. The van der Waals surface area contributed by atoms with Crippen molar-refractivity contribution in [3.05, 3.63) is 42.1 Å². The molecule has 0 atom stereocenters. The maximum atomic E-state index is 5.49. The molecule has 0 unspecified atom stereocenters. The molecule has 4 aromatic rings. The van der Waals surface area contributed by atoms with Crippen molar-refractivity contribution in [3.8, 4) is 5.75 Å². The van der Waals surface area contributed by atoms with Gasteiger partial charge in [-0.1, -0.05) is 13.8 Å². The molecular formula is C25H32N4O. The van der Waals surface area contributed by atoms with E-state index >= 15 is 0 Å². The highest BCUT2D eigenvalue weighted by Gasteiger charge is 2.15. The quantitative estimate of drug-likeness (QED) is 0.403. The van der Waals surface area contributed by atoms with E-state index in [-0.39, 0.29) is 0 Å². The Morgan fingerprint density at radius 2 is 1.83 bits per heavy atom. The Bertz CT molecular complexity index is 1190. The molecule has 0 aliphatic rings. The zero-order valence-corrected chi connectivity index (χ0v) is 18.7. The van der Waals surface area contributed by atoms with Crippen LogP contribution >= 0.6 is 0 Å². The van der Waals surface area contributed by atoms with Gasteiger partial charge in [0.05, 0.1) is 12.6 Å². The number of methoxy groups -OCH3 is 1. The molecule has 2 aromatic heterocycles. The first-order valence-electron chi connectivity index (χ1n) is 10.9. The van der Waals surface area contributed by atoms with Crippen LogP contribution in [0.5, 0.6) is 5.75 Å². The summed E-state index contributed by atoms with van der Waals surface area (Å²) in [7, 11) is 3.86. The number of hydrogen-bond acceptors (Lipinski definition) is 4. The monoisotopic (exact) mass is 404 g/mol. The van der Waals surface area contributed by atoms with Crippen LogP contribution in [0.4, 0.5) is 5.82 Å². The fourth-order valence-electron chi connectivity index (χ4n) is 4.59. The highest BCUT2D eigenvalue weighted by atomic mass is 16.5. The largest absolute Gasteiger partial charge is 0.497 e. The molecular weight excluding hydrogens is 372 g/mol. The lowest BCUT2D eigenvalue weighted by atomic mass is 10.0. The molecule has 0 fully saturated rings. The van der Waals surface area contributed by atoms with Gasteiger partial charge in [-0.15, -0.1) is 0 Å². The predicted molar refractivity (Wildman–Crippen MR) is 128 cm³/mol. The van der Waals surface area contributed by atoms with Gasteiger partial charge in [0.1, 0.15) is 11.6 Å². The summed E-state index contributed by atoms with van der Waals surface area (Å²) < 4.78 is 7.78. The lowest BCUT2D eigenvalue weighted by Gasteiger charge is -2.18. The molecule has 0 bridgehead atoms. The van der Waals surface area contributed by atoms with Crippen LogP contribution in [0, 0.1) is 6.92 Å². The van der Waals surface area contributed by atoms with E-state index in [2.05, 4.69) is 71.9 Å². The highest BCUT2D eigenvalue weighted by molar-refractivity contribution is 6.16. The Kier molecular flexibility index (Phi) is 5.82. The fraction of sp³-hybridized carbons (Fsp3) is 0.400. The zero-order valence-electron chi connectivity index (χ0n) is 18.7. The number of benzene rings is 2. The van der Waals surface area contributed by atoms with E-state index < -0.39 is 0 Å². The normalized spacial score (nSPS) is 11.8. The van der Waals surface area contributed by atoms with E-state index in [0.717, 1.165) is 44.2 Å². The third-order valence-electron chi connectivity index (χ3n) is 6.32. The van der Waals surface area contributed by atoms with Gasteiger partial charge in [-0.05, 0) is 74.3 Å². The number of nitrogens with one attached hydrogen (secondary N) is 1. The summed E-state index contributed by atoms with van der Waals surface area (Å²) in [6, 6.07) is 10.7. The van der Waals surface area contributed by atoms with Gasteiger partial charge < -0.3 is 19.5 Å². The minimum Gasteiger partial charge on any atom is -0.497 e. The van der Waals surface area contributed by atoms with Gasteiger partial charge in [-0.3, -0.25) is 0 Å². The van der Waals surface area contributed by atoms with Gasteiger partial charge >= 0.3 is 0 Å². The van der Waals surface area contributed by atoms with Crippen LogP contribution in [0.3, 0.4) is 0 Å². The first kappa shape index (κ1) is 20.5. The summed E-state index contributed by atoms with van der Waals surface area (Å²) in [5, 5.41) is 8.49. The lowest BCUT2D eigenvalue weighted by Crippen LogP contribution is -2.25. The molecule has 2 aromatic carbocycles. The second-order valence-corrected chi connectivity index (χ2v) is 7.90. The number of rotatable bonds is 8. The smallest absolute Gasteiger partial charge is 0.133 e. The summed E-state index contributed by atoms with van der Waals surface area (Å²) in [5.74, 6) is 1.85. The number of hydrogen-bond donors (Lipinski definition) is 1. The van der Waals surface area contributed by atoms with Crippen molar-refractivity contribution in [1.82, 2.24) is 14.5 Å². The van der Waals surface area contributed by atoms with E-state index in [0.29, 0.717) is 0 Å². The van der Waals surface area contributed by atoms with Crippen molar-refractivity contribution in [1.29, 1.82) is 0 Å². The molecule has 0 aliphatic carbocycles. The molecule has 0 amide bonds. The molecule has 0 spiro atoms. The molecule has 1 N–H and O–H groups in total. The summed E-state index contributed by atoms with van der Waals surface area (Å²) in [4.78, 5) is 7.13. The Labute approximate surface area is 178 Å². The SMILES string of the molecule is CCN(CC)CCCNc1nccc2c(C)c3c(cc12)c1cc(OC)ccc1n3C. The van der Waals surface area contributed by atoms with Gasteiger partial charge in [0.2, 0.25) is 0 Å². The standard InChI is InChI=1S/C25H32N4O/c1-6-29(7-2)14-8-12-26-25-22-16-21-20-15-18(30-5)9-10-23(20)28(4)24(21)17(3)19(22)11-13-27-25/h9-11,13,15-16H,6-8,12,14H2,1-5H3,(H,26,27). The van der Waals surface area contributed by atoms with Crippen molar-refractivity contribution in [2.24, 2.45) is 7.05 Å². The molecule has 5 nitrogen and oxygen atoms in total. The van der Waals surface area contributed by atoms with Crippen LogP contribution in [-0.4, -0.2) is 47.7 Å². The molecule has 5 heteroatoms. The number of nitrogens with zero attached hydrogens (tertiary/aromatic N) is 3. The van der Waals surface area contributed by atoms with Crippen molar-refractivity contribution in [2.45, 2.75) is 27.2 Å². The number of fused-ring (bicyclic) bond motifs is 4. The number of ether oxygens (including phenoxy) is 1. The summed E-state index contributed by atoms with van der Waals surface area (Å²) in [6.45, 7) is 10.9. The molecule has 0 aliphatic heterocycles. The van der Waals surface area contributed by atoms with Crippen molar-refractivity contribution in [3.63, 3.8) is 0 Å². The van der Waals surface area contributed by atoms with E-state index in [1.165, 1.54) is 38.1 Å². The van der Waals surface area contributed by atoms with E-state index in [1.807, 2.05) is 12.3 Å². The topological polar surface area (TPSA) is 42.3 Å². The van der Waals surface area contributed by atoms with Crippen molar-refractivity contribution in [2.75, 3.05) is 38.6 Å². The molecule has 4 rings (SSSR count). The van der Waals surface area contributed by atoms with Crippen molar-refractivity contribution < 1.29 is 4.74 Å². The average molecular weight is 405 g/mol. The van der Waals surface area contributed by atoms with Crippen LogP contribution in [0.15, 0.2) is 36.5 Å². The number of aromatic nitrogens is 2. The first-order valence-corrected chi connectivity index (χ1v) is 10.9. The lowest BCUT2D eigenvalue weighted by molar-refractivity contribution is 0.303. The second-order valence-electron chi connectivity index (χ2n) is 7.90. The van der Waals surface area contributed by atoms with Crippen LogP contribution in [0.25, 0.3) is 32.6 Å². The molecule has 0 saturated carbocycles. The summed E-state index contributed by atoms with van der Waals surface area (Å²) in [6.07, 6.45) is 3.02. The molecule has 2 heterocycles. The van der Waals surface area contributed by atoms with Crippen molar-refractivity contribution >= 4 is 38.4 Å². The Hall–Kier alpha value is -2.79. The fourth-order valence-corrected chi connectivity index (χ4v) is 4.59. The van der Waals surface area contributed by atoms with Gasteiger partial charge in [-0.25, -0.2) is 4.98 Å². The molecule has 30 heavy (non-hydrogen) atoms. The third kappa shape index (κ3) is 3.47.